The van der Waals surface area contributed by atoms with Crippen LogP contribution in [-0.2, 0) is 6.42 Å². The standard InChI is InChI=1S/C15H18N6S2/c1-3-11-8-12-13(16-9-17-14(12)23-11)20-4-6-21(7-5-20)15-19-18-10(2)22-15/h8-9H,3-7H2,1-2H3. The van der Waals surface area contributed by atoms with Crippen molar-refractivity contribution < 1.29 is 0 Å². The second-order valence-corrected chi connectivity index (χ2v) is 7.84. The zero-order chi connectivity index (χ0) is 15.8. The van der Waals surface area contributed by atoms with E-state index in [-0.39, 0.29) is 0 Å². The second-order valence-electron chi connectivity index (χ2n) is 5.56. The molecule has 0 spiro atoms. The Morgan fingerprint density at radius 2 is 1.83 bits per heavy atom. The van der Waals surface area contributed by atoms with Crippen molar-refractivity contribution >= 4 is 43.8 Å². The number of fused-ring (bicyclic) bond motifs is 1. The molecule has 120 valence electrons. The van der Waals surface area contributed by atoms with Crippen molar-refractivity contribution in [1.82, 2.24) is 20.2 Å². The molecule has 0 aliphatic carbocycles. The van der Waals surface area contributed by atoms with E-state index in [9.17, 15) is 0 Å². The molecule has 23 heavy (non-hydrogen) atoms. The first-order chi connectivity index (χ1) is 11.2. The summed E-state index contributed by atoms with van der Waals surface area (Å²) in [5.41, 5.74) is 0. The summed E-state index contributed by atoms with van der Waals surface area (Å²) >= 11 is 3.43. The predicted octanol–water partition coefficient (Wildman–Crippen LogP) is 2.74. The molecule has 1 saturated heterocycles. The SMILES string of the molecule is CCc1cc2c(N3CCN(c4nnc(C)s4)CC3)ncnc2s1. The number of nitrogens with zero attached hydrogens (tertiary/aromatic N) is 6. The van der Waals surface area contributed by atoms with Crippen molar-refractivity contribution in [2.24, 2.45) is 0 Å². The van der Waals surface area contributed by atoms with E-state index >= 15 is 0 Å². The maximum absolute atomic E-state index is 4.56. The highest BCUT2D eigenvalue weighted by molar-refractivity contribution is 7.18. The molecule has 0 amide bonds. The molecule has 0 N–H and O–H groups in total. The molecule has 8 heteroatoms. The van der Waals surface area contributed by atoms with E-state index in [0.717, 1.165) is 53.4 Å². The summed E-state index contributed by atoms with van der Waals surface area (Å²) < 4.78 is 0. The van der Waals surface area contributed by atoms with Gasteiger partial charge in [0, 0.05) is 31.1 Å². The summed E-state index contributed by atoms with van der Waals surface area (Å²) in [6.45, 7) is 7.97. The summed E-state index contributed by atoms with van der Waals surface area (Å²) in [4.78, 5) is 16.1. The lowest BCUT2D eigenvalue weighted by Gasteiger charge is -2.35. The maximum Gasteiger partial charge on any atom is 0.208 e. The van der Waals surface area contributed by atoms with Crippen LogP contribution in [0, 0.1) is 6.92 Å². The van der Waals surface area contributed by atoms with Gasteiger partial charge >= 0.3 is 0 Å². The smallest absolute Gasteiger partial charge is 0.208 e. The predicted molar refractivity (Wildman–Crippen MR) is 95.9 cm³/mol. The van der Waals surface area contributed by atoms with Crippen LogP contribution in [0.4, 0.5) is 10.9 Å². The van der Waals surface area contributed by atoms with Gasteiger partial charge in [-0.05, 0) is 19.4 Å². The minimum absolute atomic E-state index is 0.946. The normalized spacial score (nSPS) is 15.6. The summed E-state index contributed by atoms with van der Waals surface area (Å²) in [5.74, 6) is 1.07. The van der Waals surface area contributed by atoms with Gasteiger partial charge in [0.25, 0.3) is 0 Å². The van der Waals surface area contributed by atoms with E-state index in [2.05, 4.69) is 43.0 Å². The third-order valence-electron chi connectivity index (χ3n) is 4.07. The van der Waals surface area contributed by atoms with Gasteiger partial charge in [0.1, 0.15) is 22.0 Å². The van der Waals surface area contributed by atoms with Crippen LogP contribution in [0.3, 0.4) is 0 Å². The van der Waals surface area contributed by atoms with E-state index in [1.807, 2.05) is 6.92 Å². The van der Waals surface area contributed by atoms with Gasteiger partial charge in [0.05, 0.1) is 5.39 Å². The molecular formula is C15H18N6S2. The number of thiophene rings is 1. The van der Waals surface area contributed by atoms with E-state index < -0.39 is 0 Å². The van der Waals surface area contributed by atoms with Crippen LogP contribution in [0.25, 0.3) is 10.2 Å². The van der Waals surface area contributed by atoms with E-state index in [0.29, 0.717) is 0 Å². The molecule has 4 heterocycles. The van der Waals surface area contributed by atoms with Crippen LogP contribution < -0.4 is 9.80 Å². The Labute approximate surface area is 142 Å². The fourth-order valence-corrected chi connectivity index (χ4v) is 4.51. The van der Waals surface area contributed by atoms with E-state index in [4.69, 9.17) is 0 Å². The van der Waals surface area contributed by atoms with Crippen molar-refractivity contribution in [2.45, 2.75) is 20.3 Å². The molecule has 0 aromatic carbocycles. The van der Waals surface area contributed by atoms with Crippen molar-refractivity contribution in [2.75, 3.05) is 36.0 Å². The molecule has 1 aliphatic heterocycles. The maximum atomic E-state index is 4.56. The van der Waals surface area contributed by atoms with Gasteiger partial charge in [0.2, 0.25) is 5.13 Å². The average molecular weight is 346 g/mol. The largest absolute Gasteiger partial charge is 0.352 e. The van der Waals surface area contributed by atoms with E-state index in [1.54, 1.807) is 29.0 Å². The molecule has 3 aromatic rings. The number of piperazine rings is 1. The Bertz CT molecular complexity index is 818. The minimum atomic E-state index is 0.946. The Morgan fingerprint density at radius 1 is 1.04 bits per heavy atom. The first kappa shape index (κ1) is 14.8. The van der Waals surface area contributed by atoms with Gasteiger partial charge < -0.3 is 9.80 Å². The lowest BCUT2D eigenvalue weighted by Crippen LogP contribution is -2.46. The number of anilines is 2. The van der Waals surface area contributed by atoms with Crippen LogP contribution in [-0.4, -0.2) is 46.3 Å². The van der Waals surface area contributed by atoms with Crippen molar-refractivity contribution in [3.63, 3.8) is 0 Å². The molecule has 1 aliphatic rings. The first-order valence-electron chi connectivity index (χ1n) is 7.78. The molecule has 0 radical (unpaired) electrons. The van der Waals surface area contributed by atoms with E-state index in [1.165, 1.54) is 10.3 Å². The van der Waals surface area contributed by atoms with Gasteiger partial charge in [0.15, 0.2) is 0 Å². The molecule has 0 unspecified atom stereocenters. The van der Waals surface area contributed by atoms with Crippen LogP contribution >= 0.6 is 22.7 Å². The van der Waals surface area contributed by atoms with Crippen LogP contribution in [0.2, 0.25) is 0 Å². The highest BCUT2D eigenvalue weighted by Gasteiger charge is 2.22. The fraction of sp³-hybridized carbons (Fsp3) is 0.467. The highest BCUT2D eigenvalue weighted by Crippen LogP contribution is 2.31. The Kier molecular flexibility index (Phi) is 3.86. The summed E-state index contributed by atoms with van der Waals surface area (Å²) in [5, 5.41) is 11.6. The van der Waals surface area contributed by atoms with Gasteiger partial charge in [-0.1, -0.05) is 18.3 Å². The Balaban J connectivity index is 1.55. The zero-order valence-corrected chi connectivity index (χ0v) is 14.8. The summed E-state index contributed by atoms with van der Waals surface area (Å²) in [6.07, 6.45) is 2.73. The summed E-state index contributed by atoms with van der Waals surface area (Å²) in [6, 6.07) is 2.25. The molecular weight excluding hydrogens is 328 g/mol. The lowest BCUT2D eigenvalue weighted by molar-refractivity contribution is 0.645. The van der Waals surface area contributed by atoms with Crippen molar-refractivity contribution in [1.29, 1.82) is 0 Å². The van der Waals surface area contributed by atoms with Crippen molar-refractivity contribution in [3.8, 4) is 0 Å². The molecule has 6 nitrogen and oxygen atoms in total. The highest BCUT2D eigenvalue weighted by atomic mass is 32.1. The Hall–Kier alpha value is -1.80. The van der Waals surface area contributed by atoms with Gasteiger partial charge in [-0.2, -0.15) is 0 Å². The van der Waals surface area contributed by atoms with Crippen LogP contribution in [0.15, 0.2) is 12.4 Å². The van der Waals surface area contributed by atoms with Gasteiger partial charge in [-0.25, -0.2) is 9.97 Å². The number of aryl methyl sites for hydroxylation is 2. The van der Waals surface area contributed by atoms with Gasteiger partial charge in [-0.15, -0.1) is 21.5 Å². The molecule has 0 bridgehead atoms. The minimum Gasteiger partial charge on any atom is -0.352 e. The Morgan fingerprint density at radius 3 is 2.52 bits per heavy atom. The number of rotatable bonds is 3. The molecule has 3 aromatic heterocycles. The average Bonchev–Trinajstić information content (AvgIpc) is 3.20. The number of hydrogen-bond donors (Lipinski definition) is 0. The monoisotopic (exact) mass is 346 g/mol. The molecule has 0 atom stereocenters. The molecule has 4 rings (SSSR count). The quantitative estimate of drug-likeness (QED) is 0.727. The third-order valence-corrected chi connectivity index (χ3v) is 6.16. The van der Waals surface area contributed by atoms with Crippen LogP contribution in [0.5, 0.6) is 0 Å². The lowest BCUT2D eigenvalue weighted by atomic mass is 10.2. The topological polar surface area (TPSA) is 58.0 Å². The fourth-order valence-electron chi connectivity index (χ4n) is 2.84. The van der Waals surface area contributed by atoms with Gasteiger partial charge in [-0.3, -0.25) is 0 Å². The molecule has 0 saturated carbocycles. The summed E-state index contributed by atoms with van der Waals surface area (Å²) in [7, 11) is 0. The van der Waals surface area contributed by atoms with Crippen LogP contribution in [0.1, 0.15) is 16.8 Å². The second kappa shape index (κ2) is 6.01. The van der Waals surface area contributed by atoms with Crippen molar-refractivity contribution in [3.05, 3.63) is 22.3 Å². The molecule has 1 fully saturated rings. The number of aromatic nitrogens is 4. The number of hydrogen-bond acceptors (Lipinski definition) is 8. The zero-order valence-electron chi connectivity index (χ0n) is 13.2. The third kappa shape index (κ3) is 2.76. The first-order valence-corrected chi connectivity index (χ1v) is 9.41.